The van der Waals surface area contributed by atoms with Crippen LogP contribution in [0.4, 0.5) is 0 Å². The predicted molar refractivity (Wildman–Crippen MR) is 81.5 cm³/mol. The smallest absolute Gasteiger partial charge is 0.282 e. The van der Waals surface area contributed by atoms with Crippen molar-refractivity contribution in [3.8, 4) is 16.9 Å². The molecule has 2 heterocycles. The number of nitrogens with zero attached hydrogens (tertiary/aromatic N) is 3. The van der Waals surface area contributed by atoms with Crippen LogP contribution in [-0.4, -0.2) is 33.2 Å². The zero-order chi connectivity index (χ0) is 15.2. The summed E-state index contributed by atoms with van der Waals surface area (Å²) in [6, 6.07) is 3.90. The van der Waals surface area contributed by atoms with Crippen molar-refractivity contribution >= 4 is 6.02 Å². The molecule has 1 aromatic carbocycles. The van der Waals surface area contributed by atoms with Crippen molar-refractivity contribution in [2.24, 2.45) is 10.7 Å². The van der Waals surface area contributed by atoms with Crippen LogP contribution in [0.25, 0.3) is 11.1 Å². The van der Waals surface area contributed by atoms with Gasteiger partial charge in [0.15, 0.2) is 0 Å². The van der Waals surface area contributed by atoms with Crippen molar-refractivity contribution in [2.75, 3.05) is 6.61 Å². The van der Waals surface area contributed by atoms with Gasteiger partial charge in [-0.1, -0.05) is 6.07 Å². The Morgan fingerprint density at radius 2 is 2.00 bits per heavy atom. The van der Waals surface area contributed by atoms with Gasteiger partial charge in [0.25, 0.3) is 6.02 Å². The fourth-order valence-corrected chi connectivity index (χ4v) is 3.37. The summed E-state index contributed by atoms with van der Waals surface area (Å²) in [7, 11) is 0. The summed E-state index contributed by atoms with van der Waals surface area (Å²) in [5.74, 6) is 0.301. The van der Waals surface area contributed by atoms with Gasteiger partial charge in [0.2, 0.25) is 0 Å². The highest BCUT2D eigenvalue weighted by Gasteiger charge is 2.40. The van der Waals surface area contributed by atoms with Gasteiger partial charge in [-0.15, -0.1) is 0 Å². The van der Waals surface area contributed by atoms with E-state index in [1.807, 2.05) is 6.07 Å². The zero-order valence-electron chi connectivity index (χ0n) is 12.0. The predicted octanol–water partition coefficient (Wildman–Crippen LogP) is 1.42. The van der Waals surface area contributed by atoms with Gasteiger partial charge in [-0.25, -0.2) is 15.0 Å². The molecule has 0 saturated carbocycles. The van der Waals surface area contributed by atoms with Gasteiger partial charge in [0.05, 0.1) is 0 Å². The van der Waals surface area contributed by atoms with Crippen LogP contribution in [0.3, 0.4) is 0 Å². The highest BCUT2D eigenvalue weighted by atomic mass is 16.5. The van der Waals surface area contributed by atoms with E-state index in [0.717, 1.165) is 35.1 Å². The standard InChI is InChI=1S/C16H16N4O2/c17-15-20-16(8-22-15)4-3-12-11(10-6-18-9-19-7-10)1-2-14(21)13(12)5-16/h1-2,6-7,9,21H,3-5,8H2,(H2,17,20). The van der Waals surface area contributed by atoms with Crippen LogP contribution in [-0.2, 0) is 17.6 Å². The first-order valence-corrected chi connectivity index (χ1v) is 7.24. The average molecular weight is 296 g/mol. The molecule has 0 saturated heterocycles. The number of aromatic nitrogens is 2. The minimum atomic E-state index is -0.333. The number of rotatable bonds is 1. The Morgan fingerprint density at radius 3 is 2.73 bits per heavy atom. The van der Waals surface area contributed by atoms with Crippen LogP contribution in [0.1, 0.15) is 17.5 Å². The summed E-state index contributed by atoms with van der Waals surface area (Å²) in [5.41, 5.74) is 9.43. The monoisotopic (exact) mass is 296 g/mol. The second-order valence-corrected chi connectivity index (χ2v) is 5.86. The van der Waals surface area contributed by atoms with E-state index in [1.165, 1.54) is 6.33 Å². The van der Waals surface area contributed by atoms with Gasteiger partial charge in [-0.05, 0) is 30.0 Å². The molecule has 1 unspecified atom stereocenters. The topological polar surface area (TPSA) is 93.6 Å². The number of aliphatic imine (C=N–C) groups is 1. The Bertz CT molecular complexity index is 760. The summed E-state index contributed by atoms with van der Waals surface area (Å²) in [6.45, 7) is 0.483. The maximum absolute atomic E-state index is 10.3. The molecule has 1 aliphatic carbocycles. The van der Waals surface area contributed by atoms with Crippen LogP contribution in [0.15, 0.2) is 35.8 Å². The van der Waals surface area contributed by atoms with E-state index in [0.29, 0.717) is 18.8 Å². The molecular weight excluding hydrogens is 280 g/mol. The molecular formula is C16H16N4O2. The lowest BCUT2D eigenvalue weighted by Gasteiger charge is -2.32. The van der Waals surface area contributed by atoms with E-state index < -0.39 is 0 Å². The maximum atomic E-state index is 10.3. The van der Waals surface area contributed by atoms with Crippen LogP contribution in [0.5, 0.6) is 5.75 Å². The molecule has 3 N–H and O–H groups in total. The number of fused-ring (bicyclic) bond motifs is 1. The largest absolute Gasteiger partial charge is 0.508 e. The van der Waals surface area contributed by atoms with E-state index in [4.69, 9.17) is 10.5 Å². The molecule has 1 spiro atoms. The summed E-state index contributed by atoms with van der Waals surface area (Å²) in [6.07, 6.45) is 7.39. The minimum absolute atomic E-state index is 0.246. The molecule has 4 rings (SSSR count). The van der Waals surface area contributed by atoms with Gasteiger partial charge < -0.3 is 15.6 Å². The number of hydrogen-bond donors (Lipinski definition) is 2. The second kappa shape index (κ2) is 4.69. The molecule has 0 radical (unpaired) electrons. The maximum Gasteiger partial charge on any atom is 0.282 e. The first-order chi connectivity index (χ1) is 10.7. The van der Waals surface area contributed by atoms with Crippen molar-refractivity contribution in [3.05, 3.63) is 42.0 Å². The highest BCUT2D eigenvalue weighted by molar-refractivity contribution is 5.75. The molecule has 0 bridgehead atoms. The lowest BCUT2D eigenvalue weighted by atomic mass is 9.76. The molecule has 0 fully saturated rings. The Hall–Kier alpha value is -2.63. The summed E-state index contributed by atoms with van der Waals surface area (Å²) in [4.78, 5) is 12.6. The summed E-state index contributed by atoms with van der Waals surface area (Å²) < 4.78 is 5.34. The number of phenolic OH excluding ortho intramolecular Hbond substituents is 1. The van der Waals surface area contributed by atoms with Crippen molar-refractivity contribution in [1.82, 2.24) is 9.97 Å². The van der Waals surface area contributed by atoms with Crippen LogP contribution in [0, 0.1) is 0 Å². The number of ether oxygens (including phenoxy) is 1. The molecule has 6 heteroatoms. The Balaban J connectivity index is 1.81. The number of benzene rings is 1. The quantitative estimate of drug-likeness (QED) is 0.830. The third-order valence-corrected chi connectivity index (χ3v) is 4.46. The normalized spacial score (nSPS) is 23.0. The molecule has 6 nitrogen and oxygen atoms in total. The van der Waals surface area contributed by atoms with Gasteiger partial charge in [-0.3, -0.25) is 0 Å². The summed E-state index contributed by atoms with van der Waals surface area (Å²) in [5, 5.41) is 10.3. The van der Waals surface area contributed by atoms with E-state index in [9.17, 15) is 5.11 Å². The third-order valence-electron chi connectivity index (χ3n) is 4.46. The average Bonchev–Trinajstić information content (AvgIpc) is 2.90. The summed E-state index contributed by atoms with van der Waals surface area (Å²) >= 11 is 0. The van der Waals surface area contributed by atoms with Gasteiger partial charge in [0, 0.05) is 29.9 Å². The van der Waals surface area contributed by atoms with Crippen molar-refractivity contribution in [1.29, 1.82) is 0 Å². The number of hydrogen-bond acceptors (Lipinski definition) is 6. The molecule has 2 aromatic rings. The first-order valence-electron chi connectivity index (χ1n) is 7.24. The molecule has 2 aliphatic rings. The van der Waals surface area contributed by atoms with E-state index >= 15 is 0 Å². The second-order valence-electron chi connectivity index (χ2n) is 5.86. The molecule has 1 atom stereocenters. The fourth-order valence-electron chi connectivity index (χ4n) is 3.37. The Kier molecular flexibility index (Phi) is 2.79. The van der Waals surface area contributed by atoms with Crippen molar-refractivity contribution in [2.45, 2.75) is 24.8 Å². The van der Waals surface area contributed by atoms with E-state index in [-0.39, 0.29) is 11.6 Å². The van der Waals surface area contributed by atoms with E-state index in [2.05, 4.69) is 15.0 Å². The number of amidine groups is 1. The lowest BCUT2D eigenvalue weighted by Crippen LogP contribution is -2.35. The first kappa shape index (κ1) is 13.1. The minimum Gasteiger partial charge on any atom is -0.508 e. The SMILES string of the molecule is NC1=NC2(CCc3c(-c4cncnc4)ccc(O)c3C2)CO1. The highest BCUT2D eigenvalue weighted by Crippen LogP contribution is 2.41. The lowest BCUT2D eigenvalue weighted by molar-refractivity contribution is 0.233. The van der Waals surface area contributed by atoms with Gasteiger partial charge >= 0.3 is 0 Å². The Morgan fingerprint density at radius 1 is 1.18 bits per heavy atom. The molecule has 0 amide bonds. The third kappa shape index (κ3) is 1.99. The number of nitrogens with two attached hydrogens (primary N) is 1. The molecule has 22 heavy (non-hydrogen) atoms. The van der Waals surface area contributed by atoms with Crippen LogP contribution < -0.4 is 5.73 Å². The van der Waals surface area contributed by atoms with Crippen molar-refractivity contribution in [3.63, 3.8) is 0 Å². The van der Waals surface area contributed by atoms with Crippen LogP contribution >= 0.6 is 0 Å². The Labute approximate surface area is 127 Å². The molecule has 112 valence electrons. The number of aromatic hydroxyl groups is 1. The van der Waals surface area contributed by atoms with Crippen LogP contribution in [0.2, 0.25) is 0 Å². The number of phenols is 1. The fraction of sp³-hybridized carbons (Fsp3) is 0.312. The van der Waals surface area contributed by atoms with Gasteiger partial charge in [-0.2, -0.15) is 0 Å². The molecule has 1 aromatic heterocycles. The zero-order valence-corrected chi connectivity index (χ0v) is 12.0. The van der Waals surface area contributed by atoms with Gasteiger partial charge in [0.1, 0.15) is 24.2 Å². The molecule has 1 aliphatic heterocycles. The van der Waals surface area contributed by atoms with E-state index in [1.54, 1.807) is 18.5 Å². The van der Waals surface area contributed by atoms with Crippen molar-refractivity contribution < 1.29 is 9.84 Å².